The smallest absolute Gasteiger partial charge is 0.235 e. The Morgan fingerprint density at radius 3 is 2.22 bits per heavy atom. The number of hydrogen-bond donors (Lipinski definition) is 3. The molecule has 2 saturated carbocycles. The van der Waals surface area contributed by atoms with Crippen LogP contribution in [0.15, 0.2) is 36.4 Å². The van der Waals surface area contributed by atoms with Crippen molar-refractivity contribution in [1.29, 1.82) is 0 Å². The molecule has 5 rings (SSSR count). The van der Waals surface area contributed by atoms with E-state index in [2.05, 4.69) is 20.8 Å². The molecule has 10 nitrogen and oxygen atoms in total. The normalized spacial score (nSPS) is 28.0. The van der Waals surface area contributed by atoms with Crippen molar-refractivity contribution < 1.29 is 39.0 Å². The maximum Gasteiger partial charge on any atom is 0.235 e. The lowest BCUT2D eigenvalue weighted by Crippen LogP contribution is -2.74. The van der Waals surface area contributed by atoms with Crippen LogP contribution >= 0.6 is 0 Å². The summed E-state index contributed by atoms with van der Waals surface area (Å²) < 4.78 is 0. The predicted octanol–water partition coefficient (Wildman–Crippen LogP) is 2.47. The fourth-order valence-corrected chi connectivity index (χ4v) is 7.51. The SMILES string of the molecule is CN(C)[C@H]1C(=O)C(C(N)=O)C(=O)[C@]2(O)C(=O)C3C(=O)c4c(O)ccc(-c5ccc(CC(=O)CCC(C)(C)C)cc5)c4C[C@@H]3C[C@H]12. The first-order valence-electron chi connectivity index (χ1n) is 15.3. The summed E-state index contributed by atoms with van der Waals surface area (Å²) >= 11 is 0. The maximum atomic E-state index is 14.0. The Hall–Kier alpha value is -4.02. The number of fused-ring (bicyclic) bond motifs is 3. The highest BCUT2D eigenvalue weighted by atomic mass is 16.3. The lowest BCUT2D eigenvalue weighted by molar-refractivity contribution is -0.181. The van der Waals surface area contributed by atoms with Gasteiger partial charge >= 0.3 is 0 Å². The average molecular weight is 617 g/mol. The van der Waals surface area contributed by atoms with Crippen LogP contribution in [-0.4, -0.2) is 75.7 Å². The van der Waals surface area contributed by atoms with Gasteiger partial charge in [0, 0.05) is 18.8 Å². The third kappa shape index (κ3) is 5.44. The number of phenolic OH excluding ortho intramolecular Hbond substituents is 1. The molecule has 0 aromatic heterocycles. The Kier molecular flexibility index (Phi) is 8.21. The summed E-state index contributed by atoms with van der Waals surface area (Å²) in [6.45, 7) is 6.29. The average Bonchev–Trinajstić information content (AvgIpc) is 2.94. The predicted molar refractivity (Wildman–Crippen MR) is 164 cm³/mol. The Balaban J connectivity index is 1.50. The van der Waals surface area contributed by atoms with Crippen LogP contribution in [0.2, 0.25) is 0 Å². The van der Waals surface area contributed by atoms with Crippen LogP contribution in [0.3, 0.4) is 0 Å². The molecule has 10 heteroatoms. The summed E-state index contributed by atoms with van der Waals surface area (Å²) in [4.78, 5) is 80.9. The molecule has 1 amide bonds. The van der Waals surface area contributed by atoms with E-state index in [1.54, 1.807) is 20.2 Å². The third-order valence-corrected chi connectivity index (χ3v) is 9.76. The number of nitrogens with zero attached hydrogens (tertiary/aromatic N) is 1. The molecule has 6 atom stereocenters. The lowest BCUT2D eigenvalue weighted by Gasteiger charge is -2.52. The molecule has 238 valence electrons. The largest absolute Gasteiger partial charge is 0.507 e. The van der Waals surface area contributed by atoms with E-state index in [1.165, 1.54) is 11.0 Å². The zero-order chi connectivity index (χ0) is 33.2. The molecule has 2 unspecified atom stereocenters. The van der Waals surface area contributed by atoms with Gasteiger partial charge in [-0.25, -0.2) is 0 Å². The number of aliphatic hydroxyl groups is 1. The number of carbonyl (C=O) groups excluding carboxylic acids is 6. The molecular weight excluding hydrogens is 576 g/mol. The van der Waals surface area contributed by atoms with E-state index in [9.17, 15) is 39.0 Å². The van der Waals surface area contributed by atoms with E-state index < -0.39 is 64.4 Å². The van der Waals surface area contributed by atoms with Gasteiger partial charge in [-0.2, -0.15) is 0 Å². The van der Waals surface area contributed by atoms with Crippen molar-refractivity contribution in [2.45, 2.75) is 64.5 Å². The minimum atomic E-state index is -2.76. The molecule has 0 saturated heterocycles. The van der Waals surface area contributed by atoms with E-state index in [0.717, 1.165) is 17.5 Å². The van der Waals surface area contributed by atoms with Crippen LogP contribution in [0, 0.1) is 29.1 Å². The summed E-state index contributed by atoms with van der Waals surface area (Å²) in [6, 6.07) is 9.33. The first kappa shape index (κ1) is 32.4. The Labute approximate surface area is 262 Å². The van der Waals surface area contributed by atoms with E-state index in [1.807, 2.05) is 24.3 Å². The molecule has 2 fully saturated rings. The monoisotopic (exact) mass is 616 g/mol. The number of hydrogen-bond acceptors (Lipinski definition) is 9. The number of primary amides is 1. The number of aromatic hydroxyl groups is 1. The van der Waals surface area contributed by atoms with Crippen molar-refractivity contribution in [3.63, 3.8) is 0 Å². The van der Waals surface area contributed by atoms with Gasteiger partial charge in [-0.15, -0.1) is 0 Å². The number of benzene rings is 2. The number of phenols is 1. The van der Waals surface area contributed by atoms with Crippen molar-refractivity contribution in [2.75, 3.05) is 14.1 Å². The van der Waals surface area contributed by atoms with Gasteiger partial charge in [0.05, 0.1) is 17.5 Å². The zero-order valence-corrected chi connectivity index (χ0v) is 26.3. The van der Waals surface area contributed by atoms with Gasteiger partial charge in [0.25, 0.3) is 0 Å². The summed E-state index contributed by atoms with van der Waals surface area (Å²) in [6.07, 6.45) is 1.74. The van der Waals surface area contributed by atoms with Gasteiger partial charge in [-0.05, 0) is 73.0 Å². The van der Waals surface area contributed by atoms with E-state index in [-0.39, 0.29) is 35.4 Å². The standard InChI is InChI=1S/C35H40N2O8/c1-34(2,3)13-12-20(38)14-17-6-8-18(9-7-17)21-10-11-24(39)26-22(21)15-19-16-23-28(37(4)5)30(41)27(33(36)44)32(43)35(23,45)31(42)25(19)29(26)40/h6-11,19,23,25,27-28,39,45H,12-16H2,1-5H3,(H2,36,44)/t19-,23-,25?,27?,28-,35-/m1/s1. The number of Topliss-reactive ketones (excluding diaryl/α,β-unsaturated/α-hetero) is 5. The van der Waals surface area contributed by atoms with Gasteiger partial charge in [-0.1, -0.05) is 51.1 Å². The number of rotatable bonds is 7. The van der Waals surface area contributed by atoms with E-state index >= 15 is 0 Å². The molecule has 2 aromatic carbocycles. The van der Waals surface area contributed by atoms with Crippen LogP contribution in [0.25, 0.3) is 11.1 Å². The quantitative estimate of drug-likeness (QED) is 0.395. The van der Waals surface area contributed by atoms with Crippen molar-refractivity contribution in [3.05, 3.63) is 53.1 Å². The fraction of sp³-hybridized carbons (Fsp3) is 0.486. The van der Waals surface area contributed by atoms with Gasteiger partial charge in [0.2, 0.25) is 5.91 Å². The van der Waals surface area contributed by atoms with Crippen molar-refractivity contribution in [3.8, 4) is 16.9 Å². The molecular formula is C35H40N2O8. The summed E-state index contributed by atoms with van der Waals surface area (Å²) in [7, 11) is 3.10. The highest BCUT2D eigenvalue weighted by Gasteiger charge is 2.69. The van der Waals surface area contributed by atoms with Crippen molar-refractivity contribution in [2.24, 2.45) is 34.8 Å². The van der Waals surface area contributed by atoms with Gasteiger partial charge in [0.15, 0.2) is 34.7 Å². The number of likely N-dealkylation sites (N-methyl/N-ethyl adjacent to an activating group) is 1. The second-order valence-corrected chi connectivity index (χ2v) is 14.2. The van der Waals surface area contributed by atoms with Crippen molar-refractivity contribution >= 4 is 34.8 Å². The summed E-state index contributed by atoms with van der Waals surface area (Å²) in [5.41, 5.74) is 5.43. The minimum absolute atomic E-state index is 0.0192. The van der Waals surface area contributed by atoms with Crippen LogP contribution < -0.4 is 5.73 Å². The van der Waals surface area contributed by atoms with Crippen LogP contribution in [0.1, 0.15) is 61.5 Å². The number of carbonyl (C=O) groups is 6. The molecule has 0 heterocycles. The maximum absolute atomic E-state index is 14.0. The molecule has 0 radical (unpaired) electrons. The molecule has 45 heavy (non-hydrogen) atoms. The van der Waals surface area contributed by atoms with Crippen molar-refractivity contribution in [1.82, 2.24) is 4.90 Å². The number of amides is 1. The zero-order valence-electron chi connectivity index (χ0n) is 26.3. The first-order valence-corrected chi connectivity index (χ1v) is 15.3. The van der Waals surface area contributed by atoms with Gasteiger partial charge in [0.1, 0.15) is 11.5 Å². The summed E-state index contributed by atoms with van der Waals surface area (Å²) in [5, 5.41) is 22.6. The molecule has 3 aliphatic rings. The topological polar surface area (TPSA) is 172 Å². The van der Waals surface area contributed by atoms with Gasteiger partial charge < -0.3 is 15.9 Å². The van der Waals surface area contributed by atoms with Crippen LogP contribution in [0.4, 0.5) is 0 Å². The van der Waals surface area contributed by atoms with E-state index in [0.29, 0.717) is 24.0 Å². The fourth-order valence-electron chi connectivity index (χ4n) is 7.51. The molecule has 0 spiro atoms. The first-order chi connectivity index (χ1) is 21.0. The van der Waals surface area contributed by atoms with Crippen LogP contribution in [0.5, 0.6) is 5.75 Å². The number of ketones is 5. The number of nitrogens with two attached hydrogens (primary N) is 1. The molecule has 3 aliphatic carbocycles. The Bertz CT molecular complexity index is 1620. The third-order valence-electron chi connectivity index (χ3n) is 9.76. The minimum Gasteiger partial charge on any atom is -0.507 e. The molecule has 4 N–H and O–H groups in total. The summed E-state index contributed by atoms with van der Waals surface area (Å²) in [5.74, 6) is -10.6. The van der Waals surface area contributed by atoms with Crippen LogP contribution in [-0.2, 0) is 36.8 Å². The second-order valence-electron chi connectivity index (χ2n) is 14.2. The highest BCUT2D eigenvalue weighted by molar-refractivity contribution is 6.32. The lowest BCUT2D eigenvalue weighted by atomic mass is 9.52. The van der Waals surface area contributed by atoms with Gasteiger partial charge in [-0.3, -0.25) is 33.7 Å². The Morgan fingerprint density at radius 2 is 1.64 bits per heavy atom. The van der Waals surface area contributed by atoms with E-state index in [4.69, 9.17) is 5.73 Å². The molecule has 0 bridgehead atoms. The highest BCUT2D eigenvalue weighted by Crippen LogP contribution is 2.51. The second kappa shape index (κ2) is 11.4. The Morgan fingerprint density at radius 1 is 1.00 bits per heavy atom. The molecule has 2 aromatic rings. The molecule has 0 aliphatic heterocycles.